The van der Waals surface area contributed by atoms with Gasteiger partial charge in [0.1, 0.15) is 0 Å². The number of anilines is 1. The zero-order valence-corrected chi connectivity index (χ0v) is 14.9. The second-order valence-corrected chi connectivity index (χ2v) is 7.36. The van der Waals surface area contributed by atoms with Crippen LogP contribution in [0.15, 0.2) is 47.4 Å². The van der Waals surface area contributed by atoms with Crippen LogP contribution in [0.3, 0.4) is 0 Å². The number of hydrogen-bond donors (Lipinski definition) is 1. The molecule has 1 aliphatic heterocycles. The Morgan fingerprint density at radius 1 is 1.16 bits per heavy atom. The minimum Gasteiger partial charge on any atom is -0.478 e. The molecule has 0 spiro atoms. The molecular weight excluding hydrogens is 385 g/mol. The highest BCUT2D eigenvalue weighted by atomic mass is 35.5. The first-order valence-electron chi connectivity index (χ1n) is 7.19. The normalized spacial score (nSPS) is 17.2. The number of benzene rings is 2. The van der Waals surface area contributed by atoms with Gasteiger partial charge in [0.2, 0.25) is 11.8 Å². The average molecular weight is 396 g/mol. The van der Waals surface area contributed by atoms with Crippen LogP contribution in [0.5, 0.6) is 0 Å². The third-order valence-electron chi connectivity index (χ3n) is 3.64. The number of carboxylic acid groups (broad SMARTS) is 1. The van der Waals surface area contributed by atoms with Crippen LogP contribution in [0.4, 0.5) is 5.69 Å². The van der Waals surface area contributed by atoms with Gasteiger partial charge in [-0.1, -0.05) is 35.3 Å². The van der Waals surface area contributed by atoms with Gasteiger partial charge >= 0.3 is 5.97 Å². The predicted molar refractivity (Wildman–Crippen MR) is 96.6 cm³/mol. The van der Waals surface area contributed by atoms with E-state index in [-0.39, 0.29) is 28.6 Å². The van der Waals surface area contributed by atoms with Crippen molar-refractivity contribution in [1.82, 2.24) is 0 Å². The molecule has 25 heavy (non-hydrogen) atoms. The zero-order valence-electron chi connectivity index (χ0n) is 12.6. The third kappa shape index (κ3) is 3.51. The Hall–Kier alpha value is -2.02. The monoisotopic (exact) mass is 395 g/mol. The maximum atomic E-state index is 12.7. The molecule has 1 fully saturated rings. The molecule has 5 nitrogen and oxygen atoms in total. The summed E-state index contributed by atoms with van der Waals surface area (Å²) >= 11 is 13.0. The lowest BCUT2D eigenvalue weighted by atomic mass is 10.2. The van der Waals surface area contributed by atoms with Crippen LogP contribution in [-0.2, 0) is 9.59 Å². The number of imide groups is 1. The Kier molecular flexibility index (Phi) is 5.03. The second kappa shape index (κ2) is 7.07. The van der Waals surface area contributed by atoms with Crippen LogP contribution in [0.1, 0.15) is 16.8 Å². The van der Waals surface area contributed by atoms with Gasteiger partial charge in [-0.2, -0.15) is 0 Å². The number of hydrogen-bond acceptors (Lipinski definition) is 4. The van der Waals surface area contributed by atoms with E-state index in [9.17, 15) is 19.5 Å². The van der Waals surface area contributed by atoms with Crippen molar-refractivity contribution in [3.8, 4) is 0 Å². The molecule has 2 amide bonds. The molecule has 1 N–H and O–H groups in total. The number of carbonyl (C=O) groups excluding carboxylic acids is 2. The Balaban J connectivity index is 1.88. The van der Waals surface area contributed by atoms with Gasteiger partial charge in [-0.05, 0) is 30.3 Å². The molecule has 128 valence electrons. The Labute approximate surface area is 157 Å². The Morgan fingerprint density at radius 2 is 1.88 bits per heavy atom. The number of amides is 2. The molecule has 8 heteroatoms. The summed E-state index contributed by atoms with van der Waals surface area (Å²) in [5.74, 6) is -1.91. The first-order valence-corrected chi connectivity index (χ1v) is 8.83. The van der Waals surface area contributed by atoms with Crippen LogP contribution in [-0.4, -0.2) is 28.1 Å². The van der Waals surface area contributed by atoms with Crippen molar-refractivity contribution in [2.24, 2.45) is 0 Å². The first-order chi connectivity index (χ1) is 11.9. The molecule has 1 saturated heterocycles. The number of carboxylic acids is 1. The standard InChI is InChI=1S/C17H11Cl2NO4S/c18-9-5-6-12(11(19)7-9)20-15(21)8-14(16(20)22)25-13-4-2-1-3-10(13)17(23)24/h1-7,14H,8H2,(H,23,24). The summed E-state index contributed by atoms with van der Waals surface area (Å²) in [5, 5.41) is 9.13. The average Bonchev–Trinajstić information content (AvgIpc) is 2.82. The van der Waals surface area contributed by atoms with Crippen LogP contribution >= 0.6 is 35.0 Å². The van der Waals surface area contributed by atoms with Crippen LogP contribution < -0.4 is 4.90 Å². The van der Waals surface area contributed by atoms with Gasteiger partial charge in [-0.3, -0.25) is 9.59 Å². The molecule has 0 saturated carbocycles. The lowest BCUT2D eigenvalue weighted by molar-refractivity contribution is -0.121. The highest BCUT2D eigenvalue weighted by molar-refractivity contribution is 8.00. The lowest BCUT2D eigenvalue weighted by Crippen LogP contribution is -2.31. The summed E-state index contributed by atoms with van der Waals surface area (Å²) < 4.78 is 0. The largest absolute Gasteiger partial charge is 0.478 e. The number of carbonyl (C=O) groups is 3. The maximum Gasteiger partial charge on any atom is 0.336 e. The Morgan fingerprint density at radius 3 is 2.56 bits per heavy atom. The lowest BCUT2D eigenvalue weighted by Gasteiger charge is -2.16. The highest BCUT2D eigenvalue weighted by Gasteiger charge is 2.41. The van der Waals surface area contributed by atoms with Gasteiger partial charge < -0.3 is 5.11 Å². The molecule has 1 heterocycles. The third-order valence-corrected chi connectivity index (χ3v) is 5.44. The van der Waals surface area contributed by atoms with Gasteiger partial charge in [0.15, 0.2) is 0 Å². The van der Waals surface area contributed by atoms with E-state index >= 15 is 0 Å². The van der Waals surface area contributed by atoms with Crippen molar-refractivity contribution < 1.29 is 19.5 Å². The maximum absolute atomic E-state index is 12.7. The first kappa shape index (κ1) is 17.8. The van der Waals surface area contributed by atoms with Crippen LogP contribution in [0.25, 0.3) is 0 Å². The van der Waals surface area contributed by atoms with Gasteiger partial charge in [-0.15, -0.1) is 11.8 Å². The van der Waals surface area contributed by atoms with E-state index in [1.807, 2.05) is 0 Å². The highest BCUT2D eigenvalue weighted by Crippen LogP contribution is 2.38. The number of rotatable bonds is 4. The minimum absolute atomic E-state index is 0.0313. The summed E-state index contributed by atoms with van der Waals surface area (Å²) in [6.45, 7) is 0. The molecule has 0 radical (unpaired) electrons. The molecule has 1 atom stereocenters. The fourth-order valence-electron chi connectivity index (χ4n) is 2.51. The van der Waals surface area contributed by atoms with Crippen molar-refractivity contribution in [2.75, 3.05) is 4.90 Å². The van der Waals surface area contributed by atoms with E-state index in [4.69, 9.17) is 23.2 Å². The molecule has 0 aromatic heterocycles. The Bertz CT molecular complexity index is 887. The quantitative estimate of drug-likeness (QED) is 0.788. The number of thioether (sulfide) groups is 1. The molecule has 2 aromatic carbocycles. The SMILES string of the molecule is O=C(O)c1ccccc1SC1CC(=O)N(c2ccc(Cl)cc2Cl)C1=O. The fraction of sp³-hybridized carbons (Fsp3) is 0.118. The summed E-state index contributed by atoms with van der Waals surface area (Å²) in [4.78, 5) is 37.8. The van der Waals surface area contributed by atoms with Crippen LogP contribution in [0.2, 0.25) is 10.0 Å². The van der Waals surface area contributed by atoms with Crippen molar-refractivity contribution in [1.29, 1.82) is 0 Å². The zero-order chi connectivity index (χ0) is 18.1. The van der Waals surface area contributed by atoms with E-state index in [1.54, 1.807) is 24.3 Å². The molecule has 1 unspecified atom stereocenters. The minimum atomic E-state index is -1.09. The van der Waals surface area contributed by atoms with Gasteiger partial charge in [0.05, 0.1) is 21.5 Å². The number of nitrogens with zero attached hydrogens (tertiary/aromatic N) is 1. The van der Waals surface area contributed by atoms with Gasteiger partial charge in [0, 0.05) is 16.3 Å². The van der Waals surface area contributed by atoms with Crippen molar-refractivity contribution in [3.05, 3.63) is 58.1 Å². The summed E-state index contributed by atoms with van der Waals surface area (Å²) in [5.41, 5.74) is 0.367. The summed E-state index contributed by atoms with van der Waals surface area (Å²) in [7, 11) is 0. The fourth-order valence-corrected chi connectivity index (χ4v) is 4.18. The summed E-state index contributed by atoms with van der Waals surface area (Å²) in [6.07, 6.45) is -0.0313. The molecule has 0 aliphatic carbocycles. The molecular formula is C17H11Cl2NO4S. The van der Waals surface area contributed by atoms with E-state index in [0.29, 0.717) is 9.92 Å². The molecule has 0 bridgehead atoms. The predicted octanol–water partition coefficient (Wildman–Crippen LogP) is 4.12. The van der Waals surface area contributed by atoms with Gasteiger partial charge in [0.25, 0.3) is 0 Å². The molecule has 3 rings (SSSR count). The van der Waals surface area contributed by atoms with Gasteiger partial charge in [-0.25, -0.2) is 9.69 Å². The number of halogens is 2. The molecule has 1 aliphatic rings. The van der Waals surface area contributed by atoms with Crippen LogP contribution in [0, 0.1) is 0 Å². The van der Waals surface area contributed by atoms with E-state index in [2.05, 4.69) is 0 Å². The van der Waals surface area contributed by atoms with Crippen molar-refractivity contribution in [3.63, 3.8) is 0 Å². The van der Waals surface area contributed by atoms with E-state index in [1.165, 1.54) is 18.2 Å². The van der Waals surface area contributed by atoms with Crippen molar-refractivity contribution in [2.45, 2.75) is 16.6 Å². The molecule has 2 aromatic rings. The van der Waals surface area contributed by atoms with Crippen molar-refractivity contribution >= 4 is 58.4 Å². The smallest absolute Gasteiger partial charge is 0.336 e. The topological polar surface area (TPSA) is 74.7 Å². The summed E-state index contributed by atoms with van der Waals surface area (Å²) in [6, 6.07) is 10.9. The second-order valence-electron chi connectivity index (χ2n) is 5.28. The van der Waals surface area contributed by atoms with E-state index < -0.39 is 17.1 Å². The number of aromatic carboxylic acids is 1. The van der Waals surface area contributed by atoms with E-state index in [0.717, 1.165) is 16.7 Å².